The minimum Gasteiger partial charge on any atom is -0.396 e. The van der Waals surface area contributed by atoms with Gasteiger partial charge in [-0.1, -0.05) is 40.0 Å². The highest BCUT2D eigenvalue weighted by Gasteiger charge is 2.28. The van der Waals surface area contributed by atoms with Crippen LogP contribution in [0.5, 0.6) is 0 Å². The third kappa shape index (κ3) is 5.62. The van der Waals surface area contributed by atoms with E-state index in [-0.39, 0.29) is 24.0 Å². The molecule has 0 saturated heterocycles. The van der Waals surface area contributed by atoms with Crippen LogP contribution in [0, 0.1) is 5.41 Å². The summed E-state index contributed by atoms with van der Waals surface area (Å²) in [7, 11) is 0. The lowest BCUT2D eigenvalue weighted by Gasteiger charge is -2.29. The maximum absolute atomic E-state index is 9.28. The van der Waals surface area contributed by atoms with Crippen LogP contribution in [0.3, 0.4) is 0 Å². The van der Waals surface area contributed by atoms with Crippen LogP contribution in [0.25, 0.3) is 0 Å². The number of unbranched alkanes of at least 4 members (excludes halogenated alkanes) is 2. The zero-order valence-corrected chi connectivity index (χ0v) is 10.2. The molecule has 0 spiro atoms. The Bertz CT molecular complexity index is 198. The van der Waals surface area contributed by atoms with Gasteiger partial charge in [-0.15, -0.1) is 0 Å². The Morgan fingerprint density at radius 1 is 1.33 bits per heavy atom. The molecule has 1 atom stereocenters. The molecule has 0 bridgehead atoms. The maximum atomic E-state index is 9.28. The standard InChI is InChI=1S/C11H25N3O/c1-4-5-6-7-9(14-10(12)13)11(2,3)8-15/h9,15H,4-8H2,1-3H3,(H4,12,13,14). The number of nitrogens with two attached hydrogens (primary N) is 2. The molecule has 4 heteroatoms. The highest BCUT2D eigenvalue weighted by Crippen LogP contribution is 2.26. The number of rotatable bonds is 7. The largest absolute Gasteiger partial charge is 0.396 e. The molecule has 5 N–H and O–H groups in total. The molecule has 1 unspecified atom stereocenters. The Labute approximate surface area is 92.8 Å². The van der Waals surface area contributed by atoms with Crippen LogP contribution in [-0.4, -0.2) is 23.7 Å². The van der Waals surface area contributed by atoms with Crippen LogP contribution in [0.2, 0.25) is 0 Å². The molecule has 0 amide bonds. The Balaban J connectivity index is 4.38. The van der Waals surface area contributed by atoms with Gasteiger partial charge in [0.05, 0.1) is 12.6 Å². The fourth-order valence-corrected chi connectivity index (χ4v) is 1.50. The summed E-state index contributed by atoms with van der Waals surface area (Å²) in [6.45, 7) is 6.22. The smallest absolute Gasteiger partial charge is 0.186 e. The van der Waals surface area contributed by atoms with Gasteiger partial charge in [-0.25, -0.2) is 4.99 Å². The van der Waals surface area contributed by atoms with Gasteiger partial charge in [-0.2, -0.15) is 0 Å². The molecule has 0 rings (SSSR count). The van der Waals surface area contributed by atoms with E-state index in [0.717, 1.165) is 12.8 Å². The van der Waals surface area contributed by atoms with Crippen molar-refractivity contribution in [2.24, 2.45) is 21.9 Å². The van der Waals surface area contributed by atoms with Crippen molar-refractivity contribution in [1.82, 2.24) is 0 Å². The molecule has 15 heavy (non-hydrogen) atoms. The van der Waals surface area contributed by atoms with E-state index < -0.39 is 0 Å². The molecule has 0 heterocycles. The van der Waals surface area contributed by atoms with Gasteiger partial charge in [0.2, 0.25) is 0 Å². The maximum Gasteiger partial charge on any atom is 0.186 e. The fraction of sp³-hybridized carbons (Fsp3) is 0.909. The minimum atomic E-state index is -0.252. The van der Waals surface area contributed by atoms with Crippen LogP contribution >= 0.6 is 0 Å². The molecule has 90 valence electrons. The number of guanidine groups is 1. The quantitative estimate of drug-likeness (QED) is 0.339. The van der Waals surface area contributed by atoms with Crippen LogP contribution < -0.4 is 11.5 Å². The van der Waals surface area contributed by atoms with E-state index in [0.29, 0.717) is 0 Å². The zero-order chi connectivity index (χ0) is 11.9. The highest BCUT2D eigenvalue weighted by molar-refractivity contribution is 5.75. The minimum absolute atomic E-state index is 0.0130. The second-order valence-corrected chi connectivity index (χ2v) is 4.71. The molecule has 0 radical (unpaired) electrons. The lowest BCUT2D eigenvalue weighted by Crippen LogP contribution is -2.35. The highest BCUT2D eigenvalue weighted by atomic mass is 16.3. The van der Waals surface area contributed by atoms with Gasteiger partial charge in [0.15, 0.2) is 5.96 Å². The van der Waals surface area contributed by atoms with Crippen molar-refractivity contribution in [1.29, 1.82) is 0 Å². The van der Waals surface area contributed by atoms with Crippen molar-refractivity contribution < 1.29 is 5.11 Å². The van der Waals surface area contributed by atoms with E-state index in [1.54, 1.807) is 0 Å². The monoisotopic (exact) mass is 215 g/mol. The SMILES string of the molecule is CCCCCC(N=C(N)N)C(C)(C)CO. The molecule has 0 aromatic rings. The Kier molecular flexibility index (Phi) is 6.32. The molecule has 0 fully saturated rings. The average Bonchev–Trinajstić information content (AvgIpc) is 2.16. The first-order valence-corrected chi connectivity index (χ1v) is 5.63. The van der Waals surface area contributed by atoms with Gasteiger partial charge in [0, 0.05) is 5.41 Å². The van der Waals surface area contributed by atoms with Crippen molar-refractivity contribution in [3.63, 3.8) is 0 Å². The molecular weight excluding hydrogens is 190 g/mol. The fourth-order valence-electron chi connectivity index (χ4n) is 1.50. The van der Waals surface area contributed by atoms with Crippen LogP contribution in [0.1, 0.15) is 46.5 Å². The van der Waals surface area contributed by atoms with Crippen LogP contribution in [-0.2, 0) is 0 Å². The number of nitrogens with zero attached hydrogens (tertiary/aromatic N) is 1. The van der Waals surface area contributed by atoms with Crippen molar-refractivity contribution in [3.05, 3.63) is 0 Å². The summed E-state index contributed by atoms with van der Waals surface area (Å²) in [4.78, 5) is 4.20. The van der Waals surface area contributed by atoms with Crippen molar-refractivity contribution in [2.75, 3.05) is 6.61 Å². The van der Waals surface area contributed by atoms with Gasteiger partial charge < -0.3 is 16.6 Å². The van der Waals surface area contributed by atoms with Gasteiger partial charge >= 0.3 is 0 Å². The molecule has 4 nitrogen and oxygen atoms in total. The normalized spacial score (nSPS) is 13.6. The average molecular weight is 215 g/mol. The van der Waals surface area contributed by atoms with E-state index in [2.05, 4.69) is 11.9 Å². The third-order valence-corrected chi connectivity index (χ3v) is 2.70. The summed E-state index contributed by atoms with van der Waals surface area (Å²) in [5, 5.41) is 9.28. The third-order valence-electron chi connectivity index (χ3n) is 2.70. The van der Waals surface area contributed by atoms with E-state index in [4.69, 9.17) is 11.5 Å². The molecule has 0 aromatic heterocycles. The Morgan fingerprint density at radius 2 is 1.93 bits per heavy atom. The van der Waals surface area contributed by atoms with Gasteiger partial charge in [-0.05, 0) is 6.42 Å². The van der Waals surface area contributed by atoms with Crippen molar-refractivity contribution in [2.45, 2.75) is 52.5 Å². The second-order valence-electron chi connectivity index (χ2n) is 4.71. The van der Waals surface area contributed by atoms with Gasteiger partial charge in [-0.3, -0.25) is 0 Å². The predicted octanol–water partition coefficient (Wildman–Crippen LogP) is 1.23. The predicted molar refractivity (Wildman–Crippen MR) is 64.6 cm³/mol. The van der Waals surface area contributed by atoms with Crippen LogP contribution in [0.4, 0.5) is 0 Å². The molecule has 0 aliphatic heterocycles. The first-order chi connectivity index (χ1) is 6.94. The first-order valence-electron chi connectivity index (χ1n) is 5.63. The van der Waals surface area contributed by atoms with Gasteiger partial charge in [0.25, 0.3) is 0 Å². The van der Waals surface area contributed by atoms with Crippen molar-refractivity contribution >= 4 is 5.96 Å². The van der Waals surface area contributed by atoms with E-state index in [1.807, 2.05) is 13.8 Å². The number of aliphatic hydroxyl groups excluding tert-OH is 1. The zero-order valence-electron chi connectivity index (χ0n) is 10.2. The number of aliphatic hydroxyl groups is 1. The molecule has 0 saturated carbocycles. The molecular formula is C11H25N3O. The lowest BCUT2D eigenvalue weighted by atomic mass is 9.83. The molecule has 0 aromatic carbocycles. The summed E-state index contributed by atoms with van der Waals surface area (Å²) >= 11 is 0. The van der Waals surface area contributed by atoms with E-state index in [1.165, 1.54) is 12.8 Å². The summed E-state index contributed by atoms with van der Waals surface area (Å²) in [6.07, 6.45) is 4.38. The first kappa shape index (κ1) is 14.2. The topological polar surface area (TPSA) is 84.6 Å². The van der Waals surface area contributed by atoms with Crippen LogP contribution in [0.15, 0.2) is 4.99 Å². The second kappa shape index (κ2) is 6.67. The van der Waals surface area contributed by atoms with Crippen molar-refractivity contribution in [3.8, 4) is 0 Å². The van der Waals surface area contributed by atoms with Gasteiger partial charge in [0.1, 0.15) is 0 Å². The number of hydrogen-bond donors (Lipinski definition) is 3. The Hall–Kier alpha value is -0.770. The number of aliphatic imine (C=N–C) groups is 1. The van der Waals surface area contributed by atoms with E-state index in [9.17, 15) is 5.11 Å². The molecule has 0 aliphatic rings. The lowest BCUT2D eigenvalue weighted by molar-refractivity contribution is 0.128. The number of hydrogen-bond acceptors (Lipinski definition) is 2. The summed E-state index contributed by atoms with van der Waals surface area (Å²) in [6, 6.07) is 0.0130. The summed E-state index contributed by atoms with van der Waals surface area (Å²) in [5.74, 6) is 0.109. The summed E-state index contributed by atoms with van der Waals surface area (Å²) in [5.41, 5.74) is 10.5. The van der Waals surface area contributed by atoms with E-state index >= 15 is 0 Å². The molecule has 0 aliphatic carbocycles. The summed E-state index contributed by atoms with van der Waals surface area (Å²) < 4.78 is 0. The Morgan fingerprint density at radius 3 is 2.33 bits per heavy atom.